The molecule has 156 valence electrons. The van der Waals surface area contributed by atoms with Crippen molar-refractivity contribution < 1.29 is 23.1 Å². The molecule has 1 N–H and O–H groups in total. The van der Waals surface area contributed by atoms with Gasteiger partial charge in [0.2, 0.25) is 10.0 Å². The molecular formula is C21H25NO5S2. The van der Waals surface area contributed by atoms with Gasteiger partial charge in [0.15, 0.2) is 0 Å². The third-order valence-corrected chi connectivity index (χ3v) is 8.15. The molecule has 1 fully saturated rings. The summed E-state index contributed by atoms with van der Waals surface area (Å²) in [5.74, 6) is 0.303. The van der Waals surface area contributed by atoms with E-state index in [9.17, 15) is 18.3 Å². The highest BCUT2D eigenvalue weighted by molar-refractivity contribution is 7.99. The first-order chi connectivity index (χ1) is 13.9. The van der Waals surface area contributed by atoms with Gasteiger partial charge in [-0.3, -0.25) is 4.79 Å². The monoisotopic (exact) mass is 435 g/mol. The summed E-state index contributed by atoms with van der Waals surface area (Å²) in [5.41, 5.74) is 2.01. The molecule has 8 heteroatoms. The van der Waals surface area contributed by atoms with Crippen LogP contribution in [0.25, 0.3) is 0 Å². The Morgan fingerprint density at radius 1 is 1.14 bits per heavy atom. The zero-order chi connectivity index (χ0) is 20.9. The largest absolute Gasteiger partial charge is 0.497 e. The van der Waals surface area contributed by atoms with Gasteiger partial charge in [0.1, 0.15) is 11.8 Å². The number of carboxylic acid groups (broad SMARTS) is 1. The third kappa shape index (κ3) is 5.74. The molecule has 0 aliphatic carbocycles. The fourth-order valence-electron chi connectivity index (χ4n) is 3.37. The smallest absolute Gasteiger partial charge is 0.322 e. The summed E-state index contributed by atoms with van der Waals surface area (Å²) in [7, 11) is -2.04. The lowest BCUT2D eigenvalue weighted by molar-refractivity contribution is -0.140. The second-order valence-corrected chi connectivity index (χ2v) is 10.3. The number of hydrogen-bond donors (Lipinski definition) is 1. The summed E-state index contributed by atoms with van der Waals surface area (Å²) in [6, 6.07) is 16.0. The van der Waals surface area contributed by atoms with Gasteiger partial charge in [-0.15, -0.1) is 0 Å². The molecule has 1 aliphatic heterocycles. The van der Waals surface area contributed by atoms with Gasteiger partial charge in [0, 0.05) is 17.5 Å². The summed E-state index contributed by atoms with van der Waals surface area (Å²) >= 11 is 1.60. The van der Waals surface area contributed by atoms with Crippen LogP contribution >= 0.6 is 11.8 Å². The van der Waals surface area contributed by atoms with Crippen LogP contribution in [-0.2, 0) is 27.0 Å². The second-order valence-electron chi connectivity index (χ2n) is 6.99. The van der Waals surface area contributed by atoms with E-state index in [1.807, 2.05) is 54.6 Å². The Bertz CT molecular complexity index is 916. The highest BCUT2D eigenvalue weighted by Crippen LogP contribution is 2.32. The Morgan fingerprint density at radius 3 is 2.45 bits per heavy atom. The zero-order valence-electron chi connectivity index (χ0n) is 16.2. The molecular weight excluding hydrogens is 410 g/mol. The molecule has 3 rings (SSSR count). The number of methoxy groups -OCH3 is 1. The third-order valence-electron chi connectivity index (χ3n) is 5.00. The molecule has 0 unspecified atom stereocenters. The standard InChI is InChI=1S/C21H25NO5S2/c1-27-18-9-7-17(8-10-18)15-28-19-13-20(21(23)24)22(14-19)29(25,26)12-11-16-5-3-2-4-6-16/h2-10,19-20H,11-15H2,1H3,(H,23,24)/t19-,20+/m1/s1. The van der Waals surface area contributed by atoms with Crippen LogP contribution in [0.5, 0.6) is 5.75 Å². The van der Waals surface area contributed by atoms with Crippen molar-refractivity contribution in [2.24, 2.45) is 0 Å². The Labute approximate surface area is 175 Å². The Balaban J connectivity index is 1.62. The molecule has 1 heterocycles. The maximum Gasteiger partial charge on any atom is 0.322 e. The number of aryl methyl sites for hydroxylation is 1. The number of nitrogens with zero attached hydrogens (tertiary/aromatic N) is 1. The molecule has 0 spiro atoms. The lowest BCUT2D eigenvalue weighted by Crippen LogP contribution is -2.42. The van der Waals surface area contributed by atoms with Gasteiger partial charge >= 0.3 is 5.97 Å². The Morgan fingerprint density at radius 2 is 1.83 bits per heavy atom. The molecule has 1 saturated heterocycles. The number of hydrogen-bond acceptors (Lipinski definition) is 5. The maximum atomic E-state index is 12.9. The Kier molecular flexibility index (Phi) is 7.21. The number of ether oxygens (including phenoxy) is 1. The van der Waals surface area contributed by atoms with E-state index >= 15 is 0 Å². The summed E-state index contributed by atoms with van der Waals surface area (Å²) in [5, 5.41) is 9.51. The van der Waals surface area contributed by atoms with Gasteiger partial charge in [-0.1, -0.05) is 42.5 Å². The van der Waals surface area contributed by atoms with Gasteiger partial charge in [0.05, 0.1) is 12.9 Å². The van der Waals surface area contributed by atoms with Crippen molar-refractivity contribution in [3.63, 3.8) is 0 Å². The van der Waals surface area contributed by atoms with Crippen molar-refractivity contribution in [3.8, 4) is 5.75 Å². The van der Waals surface area contributed by atoms with Crippen LogP contribution in [0.2, 0.25) is 0 Å². The van der Waals surface area contributed by atoms with Gasteiger partial charge in [-0.25, -0.2) is 8.42 Å². The van der Waals surface area contributed by atoms with Crippen LogP contribution in [0.4, 0.5) is 0 Å². The molecule has 0 saturated carbocycles. The van der Waals surface area contributed by atoms with E-state index in [4.69, 9.17) is 4.74 Å². The average molecular weight is 436 g/mol. The predicted octanol–water partition coefficient (Wildman–Crippen LogP) is 3.03. The molecule has 0 bridgehead atoms. The zero-order valence-corrected chi connectivity index (χ0v) is 17.9. The molecule has 6 nitrogen and oxygen atoms in total. The Hall–Kier alpha value is -2.03. The van der Waals surface area contributed by atoms with Crippen molar-refractivity contribution in [1.29, 1.82) is 0 Å². The molecule has 2 atom stereocenters. The average Bonchev–Trinajstić information content (AvgIpc) is 3.18. The van der Waals surface area contributed by atoms with Crippen molar-refractivity contribution in [3.05, 3.63) is 65.7 Å². The lowest BCUT2D eigenvalue weighted by atomic mass is 10.2. The normalized spacial score (nSPS) is 19.9. The van der Waals surface area contributed by atoms with E-state index in [0.29, 0.717) is 18.6 Å². The van der Waals surface area contributed by atoms with E-state index in [1.165, 1.54) is 4.31 Å². The van der Waals surface area contributed by atoms with E-state index in [1.54, 1.807) is 18.9 Å². The lowest BCUT2D eigenvalue weighted by Gasteiger charge is -2.21. The topological polar surface area (TPSA) is 83.9 Å². The summed E-state index contributed by atoms with van der Waals surface area (Å²) in [4.78, 5) is 11.7. The predicted molar refractivity (Wildman–Crippen MR) is 115 cm³/mol. The number of aliphatic carboxylic acids is 1. The van der Waals surface area contributed by atoms with Crippen molar-refractivity contribution in [1.82, 2.24) is 4.31 Å². The number of carboxylic acids is 1. The van der Waals surface area contributed by atoms with Crippen molar-refractivity contribution >= 4 is 27.8 Å². The first kappa shape index (κ1) is 21.7. The van der Waals surface area contributed by atoms with E-state index in [-0.39, 0.29) is 17.5 Å². The first-order valence-electron chi connectivity index (χ1n) is 9.40. The first-order valence-corrected chi connectivity index (χ1v) is 12.1. The fraction of sp³-hybridized carbons (Fsp3) is 0.381. The number of sulfonamides is 1. The minimum atomic E-state index is -3.65. The van der Waals surface area contributed by atoms with Crippen LogP contribution in [0.1, 0.15) is 17.5 Å². The SMILES string of the molecule is COc1ccc(CS[C@@H]2C[C@@H](C(=O)O)N(S(=O)(=O)CCc3ccccc3)C2)cc1. The van der Waals surface area contributed by atoms with Crippen LogP contribution in [0.3, 0.4) is 0 Å². The van der Waals surface area contributed by atoms with Crippen LogP contribution in [-0.4, -0.2) is 54.5 Å². The molecule has 2 aromatic rings. The fourth-order valence-corrected chi connectivity index (χ4v) is 6.36. The molecule has 29 heavy (non-hydrogen) atoms. The molecule has 0 radical (unpaired) electrons. The number of benzene rings is 2. The summed E-state index contributed by atoms with van der Waals surface area (Å²) < 4.78 is 32.0. The second kappa shape index (κ2) is 9.65. The van der Waals surface area contributed by atoms with Gasteiger partial charge in [-0.05, 0) is 36.1 Å². The van der Waals surface area contributed by atoms with Gasteiger partial charge in [0.25, 0.3) is 0 Å². The van der Waals surface area contributed by atoms with E-state index < -0.39 is 22.0 Å². The summed E-state index contributed by atoms with van der Waals surface area (Å²) in [6.45, 7) is 0.231. The number of thioether (sulfide) groups is 1. The molecule has 2 aromatic carbocycles. The van der Waals surface area contributed by atoms with Crippen LogP contribution in [0, 0.1) is 0 Å². The molecule has 1 aliphatic rings. The van der Waals surface area contributed by atoms with Crippen molar-refractivity contribution in [2.45, 2.75) is 29.9 Å². The highest BCUT2D eigenvalue weighted by atomic mass is 32.2. The van der Waals surface area contributed by atoms with Crippen LogP contribution < -0.4 is 4.74 Å². The van der Waals surface area contributed by atoms with E-state index in [0.717, 1.165) is 16.9 Å². The molecule has 0 aromatic heterocycles. The summed E-state index contributed by atoms with van der Waals surface area (Å²) in [6.07, 6.45) is 0.691. The van der Waals surface area contributed by atoms with Gasteiger partial charge < -0.3 is 9.84 Å². The minimum absolute atomic E-state index is 0.0512. The van der Waals surface area contributed by atoms with Crippen molar-refractivity contribution in [2.75, 3.05) is 19.4 Å². The van der Waals surface area contributed by atoms with Gasteiger partial charge in [-0.2, -0.15) is 16.1 Å². The van der Waals surface area contributed by atoms with Crippen LogP contribution in [0.15, 0.2) is 54.6 Å². The number of rotatable bonds is 9. The quantitative estimate of drug-likeness (QED) is 0.652. The number of carbonyl (C=O) groups is 1. The minimum Gasteiger partial charge on any atom is -0.497 e. The maximum absolute atomic E-state index is 12.9. The molecule has 0 amide bonds. The highest BCUT2D eigenvalue weighted by Gasteiger charge is 2.43. The van der Waals surface area contributed by atoms with E-state index in [2.05, 4.69) is 0 Å².